The lowest BCUT2D eigenvalue weighted by molar-refractivity contribution is 0.0955. The number of carbonyl (C=O) groups excluding carboxylic acids is 1. The Morgan fingerprint density at radius 3 is 3.00 bits per heavy atom. The zero-order valence-electron chi connectivity index (χ0n) is 8.42. The molecule has 15 heavy (non-hydrogen) atoms. The van der Waals surface area contributed by atoms with Crippen molar-refractivity contribution in [1.82, 2.24) is 5.32 Å². The van der Waals surface area contributed by atoms with Crippen molar-refractivity contribution < 1.29 is 4.79 Å². The Morgan fingerprint density at radius 1 is 1.60 bits per heavy atom. The molecule has 0 unspecified atom stereocenters. The van der Waals surface area contributed by atoms with Crippen molar-refractivity contribution in [2.24, 2.45) is 0 Å². The molecule has 0 heterocycles. The van der Waals surface area contributed by atoms with E-state index in [1.807, 2.05) is 6.26 Å². The van der Waals surface area contributed by atoms with Gasteiger partial charge in [0.1, 0.15) is 0 Å². The lowest BCUT2D eigenvalue weighted by Crippen LogP contribution is -2.26. The molecule has 0 aliphatic heterocycles. The van der Waals surface area contributed by atoms with Crippen molar-refractivity contribution in [3.63, 3.8) is 0 Å². The summed E-state index contributed by atoms with van der Waals surface area (Å²) in [5, 5.41) is 2.82. The summed E-state index contributed by atoms with van der Waals surface area (Å²) in [6.45, 7) is 0.668. The molecule has 1 amide bonds. The summed E-state index contributed by atoms with van der Waals surface area (Å²) in [6, 6.07) is 5.19. The van der Waals surface area contributed by atoms with Crippen molar-refractivity contribution in [1.29, 1.82) is 0 Å². The molecule has 5 heteroatoms. The monoisotopic (exact) mass is 288 g/mol. The number of thioether (sulfide) groups is 1. The van der Waals surface area contributed by atoms with E-state index in [0.717, 1.165) is 10.2 Å². The van der Waals surface area contributed by atoms with Gasteiger partial charge in [-0.1, -0.05) is 0 Å². The van der Waals surface area contributed by atoms with Gasteiger partial charge < -0.3 is 11.1 Å². The van der Waals surface area contributed by atoms with Crippen LogP contribution in [-0.2, 0) is 0 Å². The molecule has 0 saturated carbocycles. The van der Waals surface area contributed by atoms with E-state index >= 15 is 0 Å². The van der Waals surface area contributed by atoms with Crippen molar-refractivity contribution in [3.05, 3.63) is 28.2 Å². The normalized spacial score (nSPS) is 10.0. The molecular formula is C10H13BrN2OS. The van der Waals surface area contributed by atoms with E-state index in [-0.39, 0.29) is 5.91 Å². The van der Waals surface area contributed by atoms with Gasteiger partial charge in [0.15, 0.2) is 0 Å². The third-order valence-electron chi connectivity index (χ3n) is 1.83. The van der Waals surface area contributed by atoms with Crippen LogP contribution < -0.4 is 11.1 Å². The van der Waals surface area contributed by atoms with Crippen LogP contribution >= 0.6 is 27.7 Å². The number of nitrogens with one attached hydrogen (secondary N) is 1. The fourth-order valence-electron chi connectivity index (χ4n) is 1.08. The Hall–Kier alpha value is -0.680. The summed E-state index contributed by atoms with van der Waals surface area (Å²) in [6.07, 6.45) is 2.00. The van der Waals surface area contributed by atoms with Crippen molar-refractivity contribution >= 4 is 39.3 Å². The molecule has 0 atom stereocenters. The number of nitrogens with two attached hydrogens (primary N) is 1. The second-order valence-electron chi connectivity index (χ2n) is 2.99. The SMILES string of the molecule is CSCCNC(=O)c1cc(N)ccc1Br. The van der Waals surface area contributed by atoms with E-state index in [0.29, 0.717) is 17.8 Å². The van der Waals surface area contributed by atoms with Crippen LogP contribution in [-0.4, -0.2) is 24.5 Å². The topological polar surface area (TPSA) is 55.1 Å². The summed E-state index contributed by atoms with van der Waals surface area (Å²) in [5.74, 6) is 0.814. The lowest BCUT2D eigenvalue weighted by atomic mass is 10.2. The van der Waals surface area contributed by atoms with Crippen molar-refractivity contribution in [2.45, 2.75) is 0 Å². The molecule has 0 radical (unpaired) electrons. The predicted molar refractivity (Wildman–Crippen MR) is 69.3 cm³/mol. The number of nitrogen functional groups attached to an aromatic ring is 1. The first-order chi connectivity index (χ1) is 7.15. The summed E-state index contributed by atoms with van der Waals surface area (Å²) in [5.41, 5.74) is 6.79. The molecule has 1 aromatic rings. The average molecular weight is 289 g/mol. The number of hydrogen-bond donors (Lipinski definition) is 2. The Balaban J connectivity index is 2.68. The molecule has 0 saturated heterocycles. The van der Waals surface area contributed by atoms with Crippen LogP contribution in [0.15, 0.2) is 22.7 Å². The maximum Gasteiger partial charge on any atom is 0.252 e. The number of benzene rings is 1. The van der Waals surface area contributed by atoms with E-state index in [2.05, 4.69) is 21.2 Å². The Morgan fingerprint density at radius 2 is 2.33 bits per heavy atom. The van der Waals surface area contributed by atoms with E-state index < -0.39 is 0 Å². The lowest BCUT2D eigenvalue weighted by Gasteiger charge is -2.06. The number of anilines is 1. The number of amides is 1. The number of rotatable bonds is 4. The number of halogens is 1. The minimum atomic E-state index is -0.0942. The van der Waals surface area contributed by atoms with Crippen LogP contribution in [0.3, 0.4) is 0 Å². The molecule has 0 bridgehead atoms. The fraction of sp³-hybridized carbons (Fsp3) is 0.300. The van der Waals surface area contributed by atoms with Crippen LogP contribution in [0.25, 0.3) is 0 Å². The van der Waals surface area contributed by atoms with Crippen LogP contribution in [0.4, 0.5) is 5.69 Å². The summed E-state index contributed by atoms with van der Waals surface area (Å²) >= 11 is 5.01. The van der Waals surface area contributed by atoms with Gasteiger partial charge in [-0.2, -0.15) is 11.8 Å². The zero-order valence-corrected chi connectivity index (χ0v) is 10.8. The zero-order chi connectivity index (χ0) is 11.3. The van der Waals surface area contributed by atoms with Crippen LogP contribution in [0, 0.1) is 0 Å². The highest BCUT2D eigenvalue weighted by molar-refractivity contribution is 9.10. The molecule has 1 rings (SSSR count). The van der Waals surface area contributed by atoms with E-state index in [4.69, 9.17) is 5.73 Å². The summed E-state index contributed by atoms with van der Waals surface area (Å²) in [7, 11) is 0. The van der Waals surface area contributed by atoms with E-state index in [1.54, 1.807) is 30.0 Å². The fourth-order valence-corrected chi connectivity index (χ4v) is 1.81. The smallest absolute Gasteiger partial charge is 0.252 e. The average Bonchev–Trinajstić information content (AvgIpc) is 2.22. The van der Waals surface area contributed by atoms with Gasteiger partial charge in [-0.15, -0.1) is 0 Å². The molecule has 0 aliphatic carbocycles. The van der Waals surface area contributed by atoms with Crippen LogP contribution in [0.5, 0.6) is 0 Å². The van der Waals surface area contributed by atoms with E-state index in [9.17, 15) is 4.79 Å². The van der Waals surface area contributed by atoms with Gasteiger partial charge in [0.25, 0.3) is 5.91 Å². The standard InChI is InChI=1S/C10H13BrN2OS/c1-15-5-4-13-10(14)8-6-7(12)2-3-9(8)11/h2-3,6H,4-5,12H2,1H3,(H,13,14). The third kappa shape index (κ3) is 3.76. The number of hydrogen-bond acceptors (Lipinski definition) is 3. The highest BCUT2D eigenvalue weighted by atomic mass is 79.9. The summed E-state index contributed by atoms with van der Waals surface area (Å²) in [4.78, 5) is 11.7. The highest BCUT2D eigenvalue weighted by Crippen LogP contribution is 2.19. The van der Waals surface area contributed by atoms with Crippen molar-refractivity contribution in [2.75, 3.05) is 24.3 Å². The molecule has 0 spiro atoms. The molecule has 3 N–H and O–H groups in total. The van der Waals surface area contributed by atoms with Gasteiger partial charge >= 0.3 is 0 Å². The van der Waals surface area contributed by atoms with Gasteiger partial charge in [-0.3, -0.25) is 4.79 Å². The molecule has 0 aromatic heterocycles. The van der Waals surface area contributed by atoms with Gasteiger partial charge in [0, 0.05) is 22.5 Å². The maximum atomic E-state index is 11.7. The second-order valence-corrected chi connectivity index (χ2v) is 4.83. The first kappa shape index (κ1) is 12.4. The van der Waals surface area contributed by atoms with Gasteiger partial charge in [0.2, 0.25) is 0 Å². The molecule has 0 fully saturated rings. The predicted octanol–water partition coefficient (Wildman–Crippen LogP) is 2.12. The van der Waals surface area contributed by atoms with Gasteiger partial charge in [-0.05, 0) is 40.4 Å². The van der Waals surface area contributed by atoms with Crippen molar-refractivity contribution in [3.8, 4) is 0 Å². The van der Waals surface area contributed by atoms with Crippen LogP contribution in [0.1, 0.15) is 10.4 Å². The summed E-state index contributed by atoms with van der Waals surface area (Å²) < 4.78 is 0.762. The molecular weight excluding hydrogens is 276 g/mol. The third-order valence-corrected chi connectivity index (χ3v) is 3.13. The maximum absolute atomic E-state index is 11.7. The Labute approximate surface area is 102 Å². The number of carbonyl (C=O) groups is 1. The Kier molecular flexibility index (Phi) is 4.98. The minimum Gasteiger partial charge on any atom is -0.399 e. The quantitative estimate of drug-likeness (QED) is 0.659. The first-order valence-corrected chi connectivity index (χ1v) is 6.66. The second kappa shape index (κ2) is 6.02. The molecule has 82 valence electrons. The van der Waals surface area contributed by atoms with E-state index in [1.165, 1.54) is 0 Å². The first-order valence-electron chi connectivity index (χ1n) is 4.47. The van der Waals surface area contributed by atoms with Gasteiger partial charge in [0.05, 0.1) is 5.56 Å². The minimum absolute atomic E-state index is 0.0942. The Bertz CT molecular complexity index is 357. The highest BCUT2D eigenvalue weighted by Gasteiger charge is 2.09. The molecule has 3 nitrogen and oxygen atoms in total. The van der Waals surface area contributed by atoms with Crippen LogP contribution in [0.2, 0.25) is 0 Å². The molecule has 1 aromatic carbocycles. The largest absolute Gasteiger partial charge is 0.399 e. The van der Waals surface area contributed by atoms with Gasteiger partial charge in [-0.25, -0.2) is 0 Å². The molecule has 0 aliphatic rings.